The first-order chi connectivity index (χ1) is 5.20. The Hall–Kier alpha value is -0.180. The monoisotopic (exact) mass is 161 g/mol. The maximum Gasteiger partial charge on any atom is 0.251 e. The summed E-state index contributed by atoms with van der Waals surface area (Å²) in [4.78, 5) is 0. The van der Waals surface area contributed by atoms with Crippen molar-refractivity contribution in [2.45, 2.75) is 25.2 Å². The highest BCUT2D eigenvalue weighted by Gasteiger charge is 2.59. The average molecular weight is 161 g/mol. The summed E-state index contributed by atoms with van der Waals surface area (Å²) < 4.78 is 25.1. The van der Waals surface area contributed by atoms with Gasteiger partial charge in [0, 0.05) is 12.3 Å². The molecule has 0 spiro atoms. The maximum atomic E-state index is 12.6. The van der Waals surface area contributed by atoms with E-state index in [9.17, 15) is 8.78 Å². The molecule has 0 aromatic carbocycles. The number of rotatable bonds is 1. The van der Waals surface area contributed by atoms with Gasteiger partial charge in [0.05, 0.1) is 0 Å². The van der Waals surface area contributed by atoms with E-state index >= 15 is 0 Å². The lowest BCUT2D eigenvalue weighted by molar-refractivity contribution is 0.0794. The van der Waals surface area contributed by atoms with Gasteiger partial charge in [0.2, 0.25) is 0 Å². The van der Waals surface area contributed by atoms with Crippen LogP contribution >= 0.6 is 0 Å². The molecule has 1 aliphatic carbocycles. The van der Waals surface area contributed by atoms with Crippen LogP contribution in [0.2, 0.25) is 0 Å². The van der Waals surface area contributed by atoms with Gasteiger partial charge in [0.1, 0.15) is 0 Å². The third-order valence-electron chi connectivity index (χ3n) is 2.83. The molecule has 11 heavy (non-hydrogen) atoms. The van der Waals surface area contributed by atoms with E-state index in [0.29, 0.717) is 5.92 Å². The van der Waals surface area contributed by atoms with E-state index < -0.39 is 5.92 Å². The molecule has 0 unspecified atom stereocenters. The maximum absolute atomic E-state index is 12.6. The second kappa shape index (κ2) is 2.41. The molecule has 3 heteroatoms. The fraction of sp³-hybridized carbons (Fsp3) is 1.00. The van der Waals surface area contributed by atoms with Crippen LogP contribution in [0.5, 0.6) is 0 Å². The van der Waals surface area contributed by atoms with E-state index in [2.05, 4.69) is 5.32 Å². The zero-order valence-corrected chi connectivity index (χ0v) is 6.45. The molecule has 2 fully saturated rings. The minimum absolute atomic E-state index is 0.150. The summed E-state index contributed by atoms with van der Waals surface area (Å²) in [5, 5.41) is 3.18. The first-order valence-electron chi connectivity index (χ1n) is 4.29. The molecule has 1 heterocycles. The summed E-state index contributed by atoms with van der Waals surface area (Å²) in [6, 6.07) is 0. The van der Waals surface area contributed by atoms with Crippen molar-refractivity contribution in [3.05, 3.63) is 0 Å². The van der Waals surface area contributed by atoms with Crippen molar-refractivity contribution in [1.82, 2.24) is 5.32 Å². The lowest BCUT2D eigenvalue weighted by atomic mass is 9.93. The number of halogens is 2. The van der Waals surface area contributed by atoms with E-state index in [0.717, 1.165) is 25.9 Å². The van der Waals surface area contributed by atoms with Crippen molar-refractivity contribution < 1.29 is 8.78 Å². The minimum atomic E-state index is -2.30. The lowest BCUT2D eigenvalue weighted by Gasteiger charge is -2.21. The topological polar surface area (TPSA) is 12.0 Å². The quantitative estimate of drug-likeness (QED) is 0.616. The summed E-state index contributed by atoms with van der Waals surface area (Å²) >= 11 is 0. The van der Waals surface area contributed by atoms with Gasteiger partial charge in [-0.3, -0.25) is 0 Å². The summed E-state index contributed by atoms with van der Waals surface area (Å²) in [6.45, 7) is 1.86. The number of piperidine rings is 1. The fourth-order valence-electron chi connectivity index (χ4n) is 1.99. The molecular weight excluding hydrogens is 148 g/mol. The second-order valence-electron chi connectivity index (χ2n) is 3.66. The van der Waals surface area contributed by atoms with E-state index in [1.54, 1.807) is 0 Å². The van der Waals surface area contributed by atoms with Gasteiger partial charge < -0.3 is 5.32 Å². The van der Waals surface area contributed by atoms with E-state index in [-0.39, 0.29) is 12.3 Å². The number of hydrogen-bond donors (Lipinski definition) is 1. The van der Waals surface area contributed by atoms with Crippen LogP contribution < -0.4 is 5.32 Å². The van der Waals surface area contributed by atoms with Crippen molar-refractivity contribution in [3.8, 4) is 0 Å². The normalized spacial score (nSPS) is 37.1. The van der Waals surface area contributed by atoms with Crippen LogP contribution in [0.4, 0.5) is 8.78 Å². The highest BCUT2D eigenvalue weighted by Crippen LogP contribution is 2.54. The molecule has 1 N–H and O–H groups in total. The van der Waals surface area contributed by atoms with Gasteiger partial charge in [0.15, 0.2) is 0 Å². The first kappa shape index (κ1) is 7.47. The summed E-state index contributed by atoms with van der Waals surface area (Å²) in [6.07, 6.45) is 2.04. The molecule has 1 nitrogen and oxygen atoms in total. The minimum Gasteiger partial charge on any atom is -0.317 e. The van der Waals surface area contributed by atoms with Gasteiger partial charge in [-0.25, -0.2) is 8.78 Å². The molecule has 0 radical (unpaired) electrons. The third kappa shape index (κ3) is 1.39. The Labute approximate surface area is 65.2 Å². The number of hydrogen-bond acceptors (Lipinski definition) is 1. The van der Waals surface area contributed by atoms with Crippen molar-refractivity contribution >= 4 is 0 Å². The average Bonchev–Trinajstić information content (AvgIpc) is 2.62. The summed E-state index contributed by atoms with van der Waals surface area (Å²) in [7, 11) is 0. The Kier molecular flexibility index (Phi) is 1.63. The first-order valence-corrected chi connectivity index (χ1v) is 4.29. The predicted octanol–water partition coefficient (Wildman–Crippen LogP) is 1.64. The highest BCUT2D eigenvalue weighted by molar-refractivity contribution is 4.99. The molecule has 0 bridgehead atoms. The van der Waals surface area contributed by atoms with Gasteiger partial charge in [0.25, 0.3) is 5.92 Å². The van der Waals surface area contributed by atoms with Crippen LogP contribution in [-0.4, -0.2) is 19.0 Å². The molecule has 0 aromatic heterocycles. The molecule has 64 valence electrons. The standard InChI is InChI=1S/C8H13F2N/c9-8(10)5-7(8)6-1-3-11-4-2-6/h6-7,11H,1-5H2/t7-/m0/s1. The summed E-state index contributed by atoms with van der Waals surface area (Å²) in [5.74, 6) is -2.28. The Morgan fingerprint density at radius 2 is 1.73 bits per heavy atom. The molecule has 0 aromatic rings. The molecule has 2 rings (SSSR count). The molecule has 1 atom stereocenters. The van der Waals surface area contributed by atoms with Crippen molar-refractivity contribution in [2.75, 3.05) is 13.1 Å². The highest BCUT2D eigenvalue weighted by atomic mass is 19.3. The van der Waals surface area contributed by atoms with Gasteiger partial charge in [-0.1, -0.05) is 0 Å². The van der Waals surface area contributed by atoms with E-state index in [1.165, 1.54) is 0 Å². The van der Waals surface area contributed by atoms with Crippen LogP contribution in [-0.2, 0) is 0 Å². The van der Waals surface area contributed by atoms with E-state index in [4.69, 9.17) is 0 Å². The number of alkyl halides is 2. The number of nitrogens with one attached hydrogen (secondary N) is 1. The molecule has 0 amide bonds. The molecule has 2 aliphatic rings. The smallest absolute Gasteiger partial charge is 0.251 e. The fourth-order valence-corrected chi connectivity index (χ4v) is 1.99. The zero-order valence-electron chi connectivity index (χ0n) is 6.45. The second-order valence-corrected chi connectivity index (χ2v) is 3.66. The molecule has 1 saturated heterocycles. The van der Waals surface area contributed by atoms with Gasteiger partial charge in [-0.05, 0) is 31.8 Å². The summed E-state index contributed by atoms with van der Waals surface area (Å²) in [5.41, 5.74) is 0. The Morgan fingerprint density at radius 3 is 2.18 bits per heavy atom. The predicted molar refractivity (Wildman–Crippen MR) is 38.6 cm³/mol. The SMILES string of the molecule is FC1(F)C[C@H]1C1CCNCC1. The van der Waals surface area contributed by atoms with Crippen molar-refractivity contribution in [2.24, 2.45) is 11.8 Å². The largest absolute Gasteiger partial charge is 0.317 e. The van der Waals surface area contributed by atoms with Gasteiger partial charge >= 0.3 is 0 Å². The Bertz CT molecular complexity index is 152. The Balaban J connectivity index is 1.86. The third-order valence-corrected chi connectivity index (χ3v) is 2.83. The van der Waals surface area contributed by atoms with Gasteiger partial charge in [-0.2, -0.15) is 0 Å². The Morgan fingerprint density at radius 1 is 1.18 bits per heavy atom. The molecule has 1 saturated carbocycles. The molecule has 1 aliphatic heterocycles. The van der Waals surface area contributed by atoms with Crippen LogP contribution in [0, 0.1) is 11.8 Å². The zero-order chi connectivity index (χ0) is 7.90. The lowest BCUT2D eigenvalue weighted by Crippen LogP contribution is -2.29. The molecular formula is C8H13F2N. The van der Waals surface area contributed by atoms with E-state index in [1.807, 2.05) is 0 Å². The van der Waals surface area contributed by atoms with Crippen LogP contribution in [0.25, 0.3) is 0 Å². The van der Waals surface area contributed by atoms with Crippen molar-refractivity contribution in [3.63, 3.8) is 0 Å². The van der Waals surface area contributed by atoms with Gasteiger partial charge in [-0.15, -0.1) is 0 Å². The van der Waals surface area contributed by atoms with Crippen LogP contribution in [0.3, 0.4) is 0 Å². The van der Waals surface area contributed by atoms with Crippen LogP contribution in [0.1, 0.15) is 19.3 Å². The van der Waals surface area contributed by atoms with Crippen LogP contribution in [0.15, 0.2) is 0 Å². The van der Waals surface area contributed by atoms with Crippen molar-refractivity contribution in [1.29, 1.82) is 0 Å².